The van der Waals surface area contributed by atoms with Crippen molar-refractivity contribution in [1.29, 1.82) is 0 Å². The topological polar surface area (TPSA) is 115 Å². The number of aliphatic hydroxyl groups is 2. The van der Waals surface area contributed by atoms with Crippen molar-refractivity contribution in [3.63, 3.8) is 0 Å². The van der Waals surface area contributed by atoms with Crippen LogP contribution in [0, 0.1) is 33.5 Å². The van der Waals surface area contributed by atoms with E-state index < -0.39 is 52.2 Å². The lowest BCUT2D eigenvalue weighted by Crippen LogP contribution is -2.73. The van der Waals surface area contributed by atoms with E-state index in [9.17, 15) is 19.8 Å². The van der Waals surface area contributed by atoms with Crippen molar-refractivity contribution >= 4 is 11.9 Å². The number of furan rings is 1. The summed E-state index contributed by atoms with van der Waals surface area (Å²) < 4.78 is 23.7. The zero-order chi connectivity index (χ0) is 27.4. The van der Waals surface area contributed by atoms with Gasteiger partial charge in [-0.1, -0.05) is 39.3 Å². The Morgan fingerprint density at radius 2 is 1.68 bits per heavy atom. The molecule has 0 amide bonds. The zero-order valence-corrected chi connectivity index (χ0v) is 23.1. The second-order valence-corrected chi connectivity index (χ2v) is 13.3. The maximum absolute atomic E-state index is 12.5. The number of aliphatic hydroxyl groups excluding tert-OH is 2. The van der Waals surface area contributed by atoms with Gasteiger partial charge in [-0.3, -0.25) is 9.59 Å². The van der Waals surface area contributed by atoms with Crippen molar-refractivity contribution < 1.29 is 38.4 Å². The molecule has 5 aliphatic rings. The van der Waals surface area contributed by atoms with Crippen LogP contribution in [-0.4, -0.2) is 59.3 Å². The lowest BCUT2D eigenvalue weighted by atomic mass is 9.36. The summed E-state index contributed by atoms with van der Waals surface area (Å²) in [5, 5.41) is 24.1. The monoisotopic (exact) mass is 528 g/mol. The van der Waals surface area contributed by atoms with E-state index in [1.807, 2.05) is 6.07 Å². The van der Waals surface area contributed by atoms with E-state index in [0.29, 0.717) is 19.4 Å². The molecule has 12 unspecified atom stereocenters. The first kappa shape index (κ1) is 26.1. The molecular weight excluding hydrogens is 488 g/mol. The second-order valence-electron chi connectivity index (χ2n) is 13.3. The first-order valence-electron chi connectivity index (χ1n) is 13.9. The standard InChI is InChI=1S/C30H40O8/c1-15(31)37-22-12-21(33)30(6)20-11-23(38-16(2)32)28(4)18(17-9-10-35-13-17)7-8-19(28)29(20,5)26(34)24-25(30)27(22,3)14-36-24/h8-10,13,18,20-26,33-34H,7,11-12,14H2,1-6H3. The van der Waals surface area contributed by atoms with E-state index in [2.05, 4.69) is 33.8 Å². The van der Waals surface area contributed by atoms with Gasteiger partial charge < -0.3 is 28.8 Å². The van der Waals surface area contributed by atoms with Crippen molar-refractivity contribution in [3.8, 4) is 0 Å². The molecule has 0 aromatic carbocycles. The van der Waals surface area contributed by atoms with Crippen molar-refractivity contribution in [2.24, 2.45) is 33.5 Å². The Balaban J connectivity index is 1.51. The van der Waals surface area contributed by atoms with E-state index in [1.165, 1.54) is 13.8 Å². The number of esters is 2. The number of hydrogen-bond acceptors (Lipinski definition) is 8. The minimum atomic E-state index is -0.845. The van der Waals surface area contributed by atoms with Crippen molar-refractivity contribution in [2.45, 2.75) is 97.2 Å². The third-order valence-corrected chi connectivity index (χ3v) is 11.7. The Morgan fingerprint density at radius 3 is 2.32 bits per heavy atom. The van der Waals surface area contributed by atoms with Gasteiger partial charge in [-0.2, -0.15) is 0 Å². The normalized spacial score (nSPS) is 50.9. The molecule has 1 aromatic rings. The number of fused-ring (bicyclic) bond motifs is 4. The summed E-state index contributed by atoms with van der Waals surface area (Å²) in [6.45, 7) is 11.6. The van der Waals surface area contributed by atoms with E-state index >= 15 is 0 Å². The van der Waals surface area contributed by atoms with Gasteiger partial charge >= 0.3 is 11.9 Å². The van der Waals surface area contributed by atoms with Gasteiger partial charge in [0.15, 0.2) is 0 Å². The SMILES string of the molecule is CC(=O)OC1CC(O)C2(C)C3C(OCC13C)C(O)C1(C)C3=CCC(c4ccoc4)C3(C)C(OC(C)=O)CC12. The molecule has 38 heavy (non-hydrogen) atoms. The number of ether oxygens (including phenoxy) is 3. The molecule has 4 fully saturated rings. The molecule has 2 N–H and O–H groups in total. The molecule has 1 aromatic heterocycles. The first-order valence-corrected chi connectivity index (χ1v) is 13.9. The molecule has 6 rings (SSSR count). The van der Waals surface area contributed by atoms with Crippen LogP contribution in [0.15, 0.2) is 34.7 Å². The number of allylic oxidation sites excluding steroid dienone is 1. The first-order chi connectivity index (χ1) is 17.8. The van der Waals surface area contributed by atoms with Crippen LogP contribution in [0.5, 0.6) is 0 Å². The molecule has 0 spiro atoms. The molecule has 1 aliphatic heterocycles. The summed E-state index contributed by atoms with van der Waals surface area (Å²) in [7, 11) is 0. The van der Waals surface area contributed by atoms with Gasteiger partial charge in [-0.15, -0.1) is 0 Å². The highest BCUT2D eigenvalue weighted by Crippen LogP contribution is 2.75. The van der Waals surface area contributed by atoms with E-state index in [1.54, 1.807) is 12.5 Å². The van der Waals surface area contributed by atoms with E-state index in [4.69, 9.17) is 18.6 Å². The maximum Gasteiger partial charge on any atom is 0.302 e. The Labute approximate surface area is 223 Å². The number of rotatable bonds is 3. The molecule has 8 nitrogen and oxygen atoms in total. The molecule has 12 atom stereocenters. The van der Waals surface area contributed by atoms with Gasteiger partial charge in [0, 0.05) is 53.8 Å². The summed E-state index contributed by atoms with van der Waals surface area (Å²) >= 11 is 0. The molecule has 4 aliphatic carbocycles. The summed E-state index contributed by atoms with van der Waals surface area (Å²) in [4.78, 5) is 24.4. The smallest absolute Gasteiger partial charge is 0.302 e. The van der Waals surface area contributed by atoms with Crippen molar-refractivity contribution in [2.75, 3.05) is 6.61 Å². The number of carbonyl (C=O) groups excluding carboxylic acids is 2. The van der Waals surface area contributed by atoms with Crippen LogP contribution in [0.25, 0.3) is 0 Å². The summed E-state index contributed by atoms with van der Waals surface area (Å²) in [6, 6.07) is 1.96. The summed E-state index contributed by atoms with van der Waals surface area (Å²) in [5.74, 6) is -1.15. The Kier molecular flexibility index (Phi) is 5.61. The molecular formula is C30H40O8. The van der Waals surface area contributed by atoms with Gasteiger partial charge in [0.25, 0.3) is 0 Å². The molecule has 0 bridgehead atoms. The number of hydrogen-bond donors (Lipinski definition) is 2. The van der Waals surface area contributed by atoms with Crippen LogP contribution in [0.2, 0.25) is 0 Å². The van der Waals surface area contributed by atoms with E-state index in [-0.39, 0.29) is 29.7 Å². The third kappa shape index (κ3) is 3.02. The van der Waals surface area contributed by atoms with Crippen molar-refractivity contribution in [1.82, 2.24) is 0 Å². The van der Waals surface area contributed by atoms with Gasteiger partial charge in [0.1, 0.15) is 12.2 Å². The molecule has 2 heterocycles. The fourth-order valence-corrected chi connectivity index (χ4v) is 10.1. The molecule has 3 saturated carbocycles. The lowest BCUT2D eigenvalue weighted by Gasteiger charge is -2.69. The lowest BCUT2D eigenvalue weighted by molar-refractivity contribution is -0.267. The highest BCUT2D eigenvalue weighted by atomic mass is 16.6. The largest absolute Gasteiger partial charge is 0.472 e. The zero-order valence-electron chi connectivity index (χ0n) is 23.1. The highest BCUT2D eigenvalue weighted by molar-refractivity contribution is 5.67. The Bertz CT molecular complexity index is 1170. The van der Waals surface area contributed by atoms with Crippen LogP contribution in [0.3, 0.4) is 0 Å². The summed E-state index contributed by atoms with van der Waals surface area (Å²) in [6.07, 6.45) is 4.06. The van der Waals surface area contributed by atoms with Gasteiger partial charge in [0.2, 0.25) is 0 Å². The van der Waals surface area contributed by atoms with Crippen LogP contribution < -0.4 is 0 Å². The molecule has 8 heteroatoms. The predicted octanol–water partition coefficient (Wildman–Crippen LogP) is 3.76. The summed E-state index contributed by atoms with van der Waals surface area (Å²) in [5.41, 5.74) is -0.411. The minimum Gasteiger partial charge on any atom is -0.472 e. The highest BCUT2D eigenvalue weighted by Gasteiger charge is 2.78. The minimum absolute atomic E-state index is 0.0236. The fraction of sp³-hybridized carbons (Fsp3) is 0.733. The van der Waals surface area contributed by atoms with E-state index in [0.717, 1.165) is 17.6 Å². The average Bonchev–Trinajstić information content (AvgIpc) is 3.56. The van der Waals surface area contributed by atoms with Crippen LogP contribution in [-0.2, 0) is 23.8 Å². The maximum atomic E-state index is 12.5. The molecule has 0 radical (unpaired) electrons. The predicted molar refractivity (Wildman–Crippen MR) is 136 cm³/mol. The number of carbonyl (C=O) groups is 2. The van der Waals surface area contributed by atoms with Crippen molar-refractivity contribution in [3.05, 3.63) is 35.8 Å². The van der Waals surface area contributed by atoms with Gasteiger partial charge in [-0.05, 0) is 30.4 Å². The third-order valence-electron chi connectivity index (χ3n) is 11.7. The second kappa shape index (κ2) is 8.18. The van der Waals surface area contributed by atoms with Gasteiger partial charge in [0.05, 0.1) is 37.4 Å². The van der Waals surface area contributed by atoms with Crippen LogP contribution >= 0.6 is 0 Å². The Morgan fingerprint density at radius 1 is 1.00 bits per heavy atom. The molecule has 208 valence electrons. The fourth-order valence-electron chi connectivity index (χ4n) is 10.1. The average molecular weight is 529 g/mol. The molecule has 1 saturated heterocycles. The Hall–Kier alpha value is -2.16. The van der Waals surface area contributed by atoms with Crippen LogP contribution in [0.4, 0.5) is 0 Å². The quantitative estimate of drug-likeness (QED) is 0.450. The van der Waals surface area contributed by atoms with Gasteiger partial charge in [-0.25, -0.2) is 0 Å². The van der Waals surface area contributed by atoms with Crippen LogP contribution in [0.1, 0.15) is 72.3 Å².